The van der Waals surface area contributed by atoms with Crippen molar-refractivity contribution in [3.05, 3.63) is 0 Å². The van der Waals surface area contributed by atoms with Gasteiger partial charge in [0.25, 0.3) is 0 Å². The molecular weight excluding hydrogens is 163 g/mol. The SMILES string of the molecule is O=P([O-])([O-])F.[Zn+2]. The van der Waals surface area contributed by atoms with E-state index in [0.29, 0.717) is 0 Å². The van der Waals surface area contributed by atoms with Crippen molar-refractivity contribution in [1.82, 2.24) is 0 Å². The topological polar surface area (TPSA) is 63.2 Å². The van der Waals surface area contributed by atoms with Gasteiger partial charge < -0.3 is 14.4 Å². The van der Waals surface area contributed by atoms with Crippen molar-refractivity contribution in [3.8, 4) is 0 Å². The second-order valence-corrected chi connectivity index (χ2v) is 1.29. The van der Waals surface area contributed by atoms with Crippen LogP contribution in [0.15, 0.2) is 0 Å². The van der Waals surface area contributed by atoms with Gasteiger partial charge in [-0.2, -0.15) is 0 Å². The van der Waals surface area contributed by atoms with Crippen molar-refractivity contribution in [3.63, 3.8) is 0 Å². The Hall–Kier alpha value is 0.703. The summed E-state index contributed by atoms with van der Waals surface area (Å²) in [7, 11) is -5.64. The Morgan fingerprint density at radius 3 is 1.50 bits per heavy atom. The third-order valence-electron chi connectivity index (χ3n) is 0. The third kappa shape index (κ3) is 130. The first-order chi connectivity index (χ1) is 2.00. The van der Waals surface area contributed by atoms with Crippen LogP contribution < -0.4 is 9.79 Å². The van der Waals surface area contributed by atoms with Gasteiger partial charge in [-0.25, -0.2) is 4.20 Å². The van der Waals surface area contributed by atoms with Crippen molar-refractivity contribution in [2.75, 3.05) is 0 Å². The van der Waals surface area contributed by atoms with Gasteiger partial charge in [-0.3, -0.25) is 0 Å². The maximum absolute atomic E-state index is 10.1. The molecule has 0 radical (unpaired) electrons. The standard InChI is InChI=1S/FH2O3P.Zn/c1-5(2,3)4;/h(H2,2,3,4);/q;+2/p-2. The average molecular weight is 163 g/mol. The van der Waals surface area contributed by atoms with E-state index in [-0.39, 0.29) is 19.5 Å². The van der Waals surface area contributed by atoms with Crippen LogP contribution in [0.5, 0.6) is 0 Å². The van der Waals surface area contributed by atoms with Crippen molar-refractivity contribution >= 4 is 7.91 Å². The van der Waals surface area contributed by atoms with Crippen molar-refractivity contribution in [2.24, 2.45) is 0 Å². The number of hydrogen-bond donors (Lipinski definition) is 0. The molecule has 0 rings (SSSR count). The van der Waals surface area contributed by atoms with Gasteiger partial charge in [0.15, 0.2) is 0 Å². The molecule has 0 saturated carbocycles. The zero-order chi connectivity index (χ0) is 4.50. The molecule has 0 aromatic rings. The molecule has 0 aromatic carbocycles. The van der Waals surface area contributed by atoms with E-state index in [2.05, 4.69) is 0 Å². The van der Waals surface area contributed by atoms with Crippen LogP contribution in [0.25, 0.3) is 0 Å². The van der Waals surface area contributed by atoms with Gasteiger partial charge in [0, 0.05) is 0 Å². The molecule has 0 bridgehead atoms. The Kier molecular flexibility index (Phi) is 4.61. The minimum Gasteiger partial charge on any atom is -0.786 e. The van der Waals surface area contributed by atoms with E-state index >= 15 is 0 Å². The first kappa shape index (κ1) is 9.86. The fraction of sp³-hybridized carbons (Fsp3) is 0. The molecule has 0 aliphatic heterocycles. The van der Waals surface area contributed by atoms with Crippen LogP contribution in [0.2, 0.25) is 0 Å². The molecule has 0 fully saturated rings. The van der Waals surface area contributed by atoms with E-state index < -0.39 is 7.91 Å². The Balaban J connectivity index is 0. The molecule has 0 unspecified atom stereocenters. The summed E-state index contributed by atoms with van der Waals surface area (Å²) in [5, 5.41) is 0. The zero-order valence-electron chi connectivity index (χ0n) is 2.76. The monoisotopic (exact) mass is 162 g/mol. The third-order valence-corrected chi connectivity index (χ3v) is 0. The minimum absolute atomic E-state index is 0. The van der Waals surface area contributed by atoms with Gasteiger partial charge in [-0.1, -0.05) is 0 Å². The summed E-state index contributed by atoms with van der Waals surface area (Å²) in [6.45, 7) is 0. The molecule has 0 N–H and O–H groups in total. The quantitative estimate of drug-likeness (QED) is 0.332. The number of halogens is 1. The minimum atomic E-state index is -5.64. The zero-order valence-corrected chi connectivity index (χ0v) is 6.62. The van der Waals surface area contributed by atoms with Gasteiger partial charge in [-0.05, 0) is 0 Å². The number of rotatable bonds is 0. The smallest absolute Gasteiger partial charge is 0.786 e. The number of hydrogen-bond acceptors (Lipinski definition) is 3. The van der Waals surface area contributed by atoms with Crippen LogP contribution in [0.4, 0.5) is 4.20 Å². The van der Waals surface area contributed by atoms with Crippen LogP contribution in [-0.2, 0) is 24.0 Å². The average Bonchev–Trinajstić information content (AvgIpc) is 0.722. The summed E-state index contributed by atoms with van der Waals surface area (Å²) in [5.41, 5.74) is 0. The predicted molar refractivity (Wildman–Crippen MR) is 8.71 cm³/mol. The second kappa shape index (κ2) is 2.81. The van der Waals surface area contributed by atoms with Crippen LogP contribution in [0.1, 0.15) is 0 Å². The van der Waals surface area contributed by atoms with Crippen LogP contribution in [-0.4, -0.2) is 0 Å². The Morgan fingerprint density at radius 2 is 1.50 bits per heavy atom. The van der Waals surface area contributed by atoms with Gasteiger partial charge in [0.2, 0.25) is 0 Å². The fourth-order valence-electron chi connectivity index (χ4n) is 0. The largest absolute Gasteiger partial charge is 2.00 e. The summed E-state index contributed by atoms with van der Waals surface area (Å²) in [5.74, 6) is 0. The van der Waals surface area contributed by atoms with Gasteiger partial charge in [-0.15, -0.1) is 0 Å². The molecular formula is FO3PZn. The maximum atomic E-state index is 10.1. The van der Waals surface area contributed by atoms with Gasteiger partial charge in [0.1, 0.15) is 7.91 Å². The second-order valence-electron chi connectivity index (χ2n) is 0.431. The summed E-state index contributed by atoms with van der Waals surface area (Å²) in [6.07, 6.45) is 0. The van der Waals surface area contributed by atoms with E-state index in [4.69, 9.17) is 14.4 Å². The van der Waals surface area contributed by atoms with Crippen LogP contribution >= 0.6 is 7.91 Å². The first-order valence-electron chi connectivity index (χ1n) is 0.717. The van der Waals surface area contributed by atoms with Gasteiger partial charge in [0.05, 0.1) is 0 Å². The van der Waals surface area contributed by atoms with E-state index in [1.54, 1.807) is 0 Å². The van der Waals surface area contributed by atoms with Crippen molar-refractivity contribution < 1.29 is 38.0 Å². The first-order valence-corrected chi connectivity index (χ1v) is 2.15. The van der Waals surface area contributed by atoms with E-state index in [9.17, 15) is 4.20 Å². The molecule has 3 nitrogen and oxygen atoms in total. The van der Waals surface area contributed by atoms with E-state index in [0.717, 1.165) is 0 Å². The molecule has 6 heteroatoms. The van der Waals surface area contributed by atoms with Crippen LogP contribution in [0.3, 0.4) is 0 Å². The fourth-order valence-corrected chi connectivity index (χ4v) is 0. The van der Waals surface area contributed by atoms with E-state index in [1.165, 1.54) is 0 Å². The maximum Gasteiger partial charge on any atom is 2.00 e. The molecule has 0 saturated heterocycles. The van der Waals surface area contributed by atoms with Gasteiger partial charge >= 0.3 is 19.5 Å². The van der Waals surface area contributed by atoms with Crippen molar-refractivity contribution in [2.45, 2.75) is 0 Å². The molecule has 0 amide bonds. The summed E-state index contributed by atoms with van der Waals surface area (Å²) in [6, 6.07) is 0. The van der Waals surface area contributed by atoms with E-state index in [1.807, 2.05) is 0 Å². The molecule has 0 heterocycles. The Bertz CT molecular complexity index is 56.9. The Labute approximate surface area is 46.6 Å². The summed E-state index contributed by atoms with van der Waals surface area (Å²) < 4.78 is 18.6. The molecule has 32 valence electrons. The molecule has 0 aromatic heterocycles. The predicted octanol–water partition coefficient (Wildman–Crippen LogP) is -1.22. The summed E-state index contributed by atoms with van der Waals surface area (Å²) >= 11 is 0. The Morgan fingerprint density at radius 1 is 1.50 bits per heavy atom. The summed E-state index contributed by atoms with van der Waals surface area (Å²) in [4.78, 5) is 16.9. The van der Waals surface area contributed by atoms with Crippen molar-refractivity contribution in [1.29, 1.82) is 0 Å². The molecule has 0 aliphatic carbocycles. The molecule has 6 heavy (non-hydrogen) atoms. The normalized spacial score (nSPS) is 9.83. The molecule has 0 atom stereocenters. The molecule has 0 spiro atoms. The van der Waals surface area contributed by atoms with Crippen LogP contribution in [0, 0.1) is 0 Å². The molecule has 0 aliphatic rings.